The molecule has 6 aliphatic heterocycles. The number of nitrogens with zero attached hydrogens (tertiary/aromatic N) is 5. The number of likely N-dealkylation sites (N-methyl/N-ethyl adjacent to an activating group) is 5. The third kappa shape index (κ3) is 13.4. The molecule has 5 N–H and O–H groups in total. The van der Waals surface area contributed by atoms with Crippen molar-refractivity contribution in [3.63, 3.8) is 0 Å². The third-order valence-electron chi connectivity index (χ3n) is 19.4. The minimum atomic E-state index is -0.288. The normalized spacial score (nSPS) is 16.9. The van der Waals surface area contributed by atoms with Crippen molar-refractivity contribution in [2.24, 2.45) is 0 Å². The Labute approximate surface area is 537 Å². The van der Waals surface area contributed by atoms with Gasteiger partial charge in [-0.25, -0.2) is 8.78 Å². The highest BCUT2D eigenvalue weighted by Gasteiger charge is 2.25. The van der Waals surface area contributed by atoms with Crippen molar-refractivity contribution in [1.82, 2.24) is 49.4 Å². The van der Waals surface area contributed by atoms with Gasteiger partial charge >= 0.3 is 0 Å². The summed E-state index contributed by atoms with van der Waals surface area (Å²) in [5, 5.41) is 5.51. The summed E-state index contributed by atoms with van der Waals surface area (Å²) < 4.78 is 70.7. The Kier molecular flexibility index (Phi) is 19.5. The molecule has 5 aromatic carbocycles. The smallest absolute Gasteiger partial charge is 0.231 e. The number of nitrogens with one attached hydrogen (secondary N) is 5. The van der Waals surface area contributed by atoms with Crippen LogP contribution < -0.4 is 37.9 Å². The van der Waals surface area contributed by atoms with Crippen LogP contribution in [0.4, 0.5) is 8.78 Å². The van der Waals surface area contributed by atoms with E-state index in [1.165, 1.54) is 85.6 Å². The quantitative estimate of drug-likeness (QED) is 0.107. The molecule has 10 aromatic rings. The Morgan fingerprint density at radius 2 is 0.663 bits per heavy atom. The van der Waals surface area contributed by atoms with Gasteiger partial charge in [0.1, 0.15) is 23.1 Å². The van der Waals surface area contributed by atoms with Crippen molar-refractivity contribution in [1.29, 1.82) is 0 Å². The van der Waals surface area contributed by atoms with E-state index in [2.05, 4.69) is 109 Å². The molecule has 0 radical (unpaired) electrons. The van der Waals surface area contributed by atoms with Gasteiger partial charge in [-0.3, -0.25) is 0 Å². The van der Waals surface area contributed by atoms with Crippen LogP contribution >= 0.6 is 0 Å². The fraction of sp³-hybridized carbons (Fsp3) is 0.444. The zero-order valence-corrected chi connectivity index (χ0v) is 55.4. The summed E-state index contributed by atoms with van der Waals surface area (Å²) in [7, 11) is 20.6. The number of hydrogen-bond acceptors (Lipinski definition) is 13. The Balaban J connectivity index is 0.000000111. The molecular formula is C72H90F2N10O8. The molecule has 0 amide bonds. The van der Waals surface area contributed by atoms with Crippen molar-refractivity contribution >= 4 is 54.5 Å². The lowest BCUT2D eigenvalue weighted by molar-refractivity contribution is 0.174. The van der Waals surface area contributed by atoms with E-state index in [1.54, 1.807) is 47.7 Å². The Morgan fingerprint density at radius 1 is 0.315 bits per heavy atom. The molecule has 5 aromatic heterocycles. The molecule has 0 aliphatic carbocycles. The lowest BCUT2D eigenvalue weighted by Crippen LogP contribution is -2.21. The van der Waals surface area contributed by atoms with E-state index >= 15 is 0 Å². The lowest BCUT2D eigenvalue weighted by atomic mass is 10.1. The highest BCUT2D eigenvalue weighted by molar-refractivity contribution is 5.93. The van der Waals surface area contributed by atoms with E-state index in [9.17, 15) is 8.78 Å². The van der Waals surface area contributed by atoms with Crippen LogP contribution in [0.25, 0.3) is 54.5 Å². The first-order valence-electron chi connectivity index (χ1n) is 32.2. The molecule has 0 bridgehead atoms. The summed E-state index contributed by atoms with van der Waals surface area (Å²) in [5.41, 5.74) is 18.4. The van der Waals surface area contributed by atoms with Gasteiger partial charge in [0.25, 0.3) is 0 Å². The summed E-state index contributed by atoms with van der Waals surface area (Å²) in [6, 6.07) is 19.0. The molecule has 20 heteroatoms. The number of hydrogen-bond donors (Lipinski definition) is 5. The summed E-state index contributed by atoms with van der Waals surface area (Å²) in [6.07, 6.45) is 10.3. The SMILES string of the molecule is CN1CCc2[nH]c3cc4c(cc3c2CC1)OCO4.COc1cc(F)c2c3c([nH]c2c1)CCN(C)CC3.COc1cc(OC)c2c3c([nH]c2c1)CCN(C)CC3.COc1cc2[nH]c3c(c2cc1F)CCN(C)CC3.COc1cc2[nH]c3c(c2cc1OC)CCN(C)CC3. The molecule has 6 aliphatic rings. The Morgan fingerprint density at radius 3 is 1.13 bits per heavy atom. The molecule has 0 saturated heterocycles. The molecule has 16 rings (SSSR count). The van der Waals surface area contributed by atoms with Crippen LogP contribution in [-0.2, 0) is 64.2 Å². The second-order valence-electron chi connectivity index (χ2n) is 25.2. The lowest BCUT2D eigenvalue weighted by Gasteiger charge is -2.12. The van der Waals surface area contributed by atoms with Crippen molar-refractivity contribution in [3.8, 4) is 46.0 Å². The Hall–Kier alpha value is -8.14. The molecular weight excluding hydrogens is 1170 g/mol. The zero-order chi connectivity index (χ0) is 64.3. The van der Waals surface area contributed by atoms with Crippen LogP contribution in [0.1, 0.15) is 56.3 Å². The number of H-pyrrole nitrogens is 5. The summed E-state index contributed by atoms with van der Waals surface area (Å²) in [6.45, 7) is 11.0. The Bertz CT molecular complexity index is 4240. The van der Waals surface area contributed by atoms with E-state index in [0.29, 0.717) is 18.3 Å². The highest BCUT2D eigenvalue weighted by atomic mass is 19.1. The number of methoxy groups -OCH3 is 6. The van der Waals surface area contributed by atoms with Crippen molar-refractivity contribution in [3.05, 3.63) is 129 Å². The number of halogens is 2. The van der Waals surface area contributed by atoms with Gasteiger partial charge in [-0.15, -0.1) is 0 Å². The number of aromatic nitrogens is 5. The van der Waals surface area contributed by atoms with Gasteiger partial charge < -0.3 is 87.3 Å². The molecule has 18 nitrogen and oxygen atoms in total. The number of ether oxygens (including phenoxy) is 8. The topological polar surface area (TPSA) is 169 Å². The monoisotopic (exact) mass is 1260 g/mol. The molecule has 0 atom stereocenters. The maximum absolute atomic E-state index is 14.2. The summed E-state index contributed by atoms with van der Waals surface area (Å²) >= 11 is 0. The van der Waals surface area contributed by atoms with Crippen LogP contribution in [-0.4, -0.2) is 200 Å². The van der Waals surface area contributed by atoms with Crippen LogP contribution in [0.2, 0.25) is 0 Å². The predicted octanol–water partition coefficient (Wildman–Crippen LogP) is 11.0. The maximum atomic E-state index is 14.2. The van der Waals surface area contributed by atoms with Crippen LogP contribution in [0.3, 0.4) is 0 Å². The average molecular weight is 1260 g/mol. The molecule has 92 heavy (non-hydrogen) atoms. The first-order valence-corrected chi connectivity index (χ1v) is 32.2. The van der Waals surface area contributed by atoms with Crippen LogP contribution in [0.5, 0.6) is 46.0 Å². The first kappa shape index (κ1) is 64.0. The van der Waals surface area contributed by atoms with E-state index in [-0.39, 0.29) is 11.6 Å². The van der Waals surface area contributed by atoms with Gasteiger partial charge in [-0.05, 0) is 113 Å². The number of benzene rings is 5. The standard InChI is InChI=1S/2C15H20N2O2.2C14H17FN2O.C14H16N2O2/c1-17-6-4-11-12(5-7-17)16-13-8-10(18-2)9-14(19-3)15(11)13;1-17-6-4-10-11-8-14(18-2)15(19-3)9-13(11)16-12(10)5-7-17;1-17-5-3-10-12(4-6-17)16-13-8-9(18-2)7-11(15)14(10)13;1-17-5-3-9-10-7-11(15)14(18-2)8-13(10)16-12(9)4-6-17;1-16-4-2-9-10-6-13-14(18-8-17-13)7-12(10)15-11(9)3-5-16/h2*8-9,16H,4-7H2,1-3H3;2*7-8,16H,3-6H2,1-2H3;6-7,15H,2-5,8H2,1H3. The van der Waals surface area contributed by atoms with Crippen LogP contribution in [0, 0.1) is 11.6 Å². The third-order valence-corrected chi connectivity index (χ3v) is 19.4. The van der Waals surface area contributed by atoms with Crippen molar-refractivity contribution in [2.75, 3.05) is 150 Å². The molecule has 490 valence electrons. The minimum absolute atomic E-state index is 0.189. The van der Waals surface area contributed by atoms with Crippen molar-refractivity contribution < 1.29 is 46.7 Å². The number of fused-ring (bicyclic) bond motifs is 16. The van der Waals surface area contributed by atoms with E-state index < -0.39 is 0 Å². The molecule has 0 unspecified atom stereocenters. The number of rotatable bonds is 6. The fourth-order valence-corrected chi connectivity index (χ4v) is 14.0. The van der Waals surface area contributed by atoms with Gasteiger partial charge in [0, 0.05) is 212 Å². The highest BCUT2D eigenvalue weighted by Crippen LogP contribution is 2.41. The van der Waals surface area contributed by atoms with Gasteiger partial charge in [0.15, 0.2) is 34.6 Å². The van der Waals surface area contributed by atoms with Gasteiger partial charge in [-0.1, -0.05) is 0 Å². The summed E-state index contributed by atoms with van der Waals surface area (Å²) in [4.78, 5) is 29.1. The van der Waals surface area contributed by atoms with Crippen LogP contribution in [0.15, 0.2) is 60.7 Å². The largest absolute Gasteiger partial charge is 0.497 e. The first-order chi connectivity index (χ1) is 44.6. The second-order valence-corrected chi connectivity index (χ2v) is 25.2. The second kappa shape index (κ2) is 28.0. The summed E-state index contributed by atoms with van der Waals surface area (Å²) in [5.74, 6) is 5.44. The van der Waals surface area contributed by atoms with E-state index in [0.717, 1.165) is 203 Å². The zero-order valence-electron chi connectivity index (χ0n) is 55.4. The average Bonchev–Trinajstić information content (AvgIpc) is 1.67. The predicted molar refractivity (Wildman–Crippen MR) is 361 cm³/mol. The van der Waals surface area contributed by atoms with E-state index in [4.69, 9.17) is 37.9 Å². The molecule has 0 spiro atoms. The maximum Gasteiger partial charge on any atom is 0.231 e. The van der Waals surface area contributed by atoms with Gasteiger partial charge in [0.2, 0.25) is 6.79 Å². The number of aromatic amines is 5. The van der Waals surface area contributed by atoms with Gasteiger partial charge in [-0.2, -0.15) is 0 Å². The van der Waals surface area contributed by atoms with Crippen molar-refractivity contribution in [2.45, 2.75) is 64.2 Å². The molecule has 11 heterocycles. The fourth-order valence-electron chi connectivity index (χ4n) is 14.0. The molecule has 0 saturated carbocycles. The molecule has 0 fully saturated rings. The van der Waals surface area contributed by atoms with Gasteiger partial charge in [0.05, 0.1) is 53.7 Å². The van der Waals surface area contributed by atoms with E-state index in [1.807, 2.05) is 18.2 Å². The minimum Gasteiger partial charge on any atom is -0.497 e.